The first kappa shape index (κ1) is 22.9. The molecule has 0 unspecified atom stereocenters. The van der Waals surface area contributed by atoms with E-state index in [-0.39, 0.29) is 0 Å². The molecule has 2 N–H and O–H groups in total. The molecule has 0 saturated carbocycles. The molecular formula is C24H40N2O2. The van der Waals surface area contributed by atoms with Crippen molar-refractivity contribution in [2.75, 3.05) is 13.2 Å². The Morgan fingerprint density at radius 1 is 0.750 bits per heavy atom. The molecule has 28 heavy (non-hydrogen) atoms. The van der Waals surface area contributed by atoms with E-state index in [0.29, 0.717) is 19.0 Å². The maximum atomic E-state index is 8.30. The van der Waals surface area contributed by atoms with Crippen LogP contribution in [0.25, 0.3) is 0 Å². The Morgan fingerprint density at radius 2 is 1.25 bits per heavy atom. The second-order valence-corrected chi connectivity index (χ2v) is 7.89. The summed E-state index contributed by atoms with van der Waals surface area (Å²) >= 11 is 0. The highest BCUT2D eigenvalue weighted by Gasteiger charge is 2.43. The van der Waals surface area contributed by atoms with Crippen LogP contribution in [0.3, 0.4) is 0 Å². The van der Waals surface area contributed by atoms with Crippen LogP contribution >= 0.6 is 0 Å². The molecule has 0 radical (unpaired) electrons. The fourth-order valence-electron chi connectivity index (χ4n) is 3.75. The van der Waals surface area contributed by atoms with Crippen molar-refractivity contribution in [3.8, 4) is 0 Å². The van der Waals surface area contributed by atoms with Crippen molar-refractivity contribution in [1.82, 2.24) is 5.32 Å². The highest BCUT2D eigenvalue weighted by molar-refractivity contribution is 6.01. The molecule has 1 heterocycles. The number of hydrogen-bond acceptors (Lipinski definition) is 3. The predicted molar refractivity (Wildman–Crippen MR) is 117 cm³/mol. The summed E-state index contributed by atoms with van der Waals surface area (Å²) in [6, 6.07) is 7.95. The summed E-state index contributed by atoms with van der Waals surface area (Å²) < 4.78 is 12.5. The summed E-state index contributed by atoms with van der Waals surface area (Å²) in [5, 5.41) is 11.5. The van der Waals surface area contributed by atoms with Gasteiger partial charge in [0.1, 0.15) is 5.84 Å². The monoisotopic (exact) mass is 388 g/mol. The summed E-state index contributed by atoms with van der Waals surface area (Å²) in [6.07, 6.45) is 14.8. The lowest BCUT2D eigenvalue weighted by Crippen LogP contribution is -2.45. The van der Waals surface area contributed by atoms with Gasteiger partial charge in [-0.15, -0.1) is 0 Å². The van der Waals surface area contributed by atoms with Gasteiger partial charge >= 0.3 is 0 Å². The number of fused-ring (bicyclic) bond motifs is 1. The molecular weight excluding hydrogens is 348 g/mol. The molecule has 1 aliphatic rings. The van der Waals surface area contributed by atoms with Gasteiger partial charge in [-0.05, 0) is 12.8 Å². The zero-order valence-electron chi connectivity index (χ0n) is 18.0. The molecule has 1 aliphatic heterocycles. The van der Waals surface area contributed by atoms with Gasteiger partial charge in [0.15, 0.2) is 0 Å². The third-order valence-corrected chi connectivity index (χ3v) is 5.45. The molecule has 0 atom stereocenters. The van der Waals surface area contributed by atoms with Crippen LogP contribution in [0.5, 0.6) is 0 Å². The van der Waals surface area contributed by atoms with Gasteiger partial charge in [0, 0.05) is 11.1 Å². The van der Waals surface area contributed by atoms with Crippen molar-refractivity contribution in [2.45, 2.75) is 96.8 Å². The van der Waals surface area contributed by atoms with E-state index in [1.807, 2.05) is 24.3 Å². The van der Waals surface area contributed by atoms with E-state index in [0.717, 1.165) is 24.0 Å². The molecule has 0 saturated heterocycles. The normalized spacial score (nSPS) is 14.9. The van der Waals surface area contributed by atoms with E-state index in [9.17, 15) is 0 Å². The van der Waals surface area contributed by atoms with Crippen LogP contribution in [-0.4, -0.2) is 19.0 Å². The van der Waals surface area contributed by atoms with E-state index in [4.69, 9.17) is 14.9 Å². The maximum Gasteiger partial charge on any atom is 0.279 e. The SMILES string of the molecule is CCCCCCCCOC1(OCCCCCCCC)NC(=N)c2ccccc21. The molecule has 0 fully saturated rings. The zero-order valence-corrected chi connectivity index (χ0v) is 18.0. The van der Waals surface area contributed by atoms with Crippen molar-refractivity contribution in [1.29, 1.82) is 5.41 Å². The fourth-order valence-corrected chi connectivity index (χ4v) is 3.75. The molecule has 1 aromatic carbocycles. The maximum absolute atomic E-state index is 8.30. The average molecular weight is 389 g/mol. The van der Waals surface area contributed by atoms with Crippen LogP contribution in [0, 0.1) is 5.41 Å². The van der Waals surface area contributed by atoms with Crippen LogP contribution in [-0.2, 0) is 15.4 Å². The Morgan fingerprint density at radius 3 is 1.82 bits per heavy atom. The van der Waals surface area contributed by atoms with Gasteiger partial charge in [0.2, 0.25) is 0 Å². The van der Waals surface area contributed by atoms with Crippen LogP contribution < -0.4 is 5.32 Å². The van der Waals surface area contributed by atoms with Crippen molar-refractivity contribution in [3.05, 3.63) is 35.4 Å². The second kappa shape index (κ2) is 12.9. The van der Waals surface area contributed by atoms with E-state index in [1.165, 1.54) is 64.2 Å². The van der Waals surface area contributed by atoms with Crippen LogP contribution in [0.4, 0.5) is 0 Å². The molecule has 0 bridgehead atoms. The molecule has 1 aromatic rings. The quantitative estimate of drug-likeness (QED) is 0.252. The number of amidine groups is 1. The fraction of sp³-hybridized carbons (Fsp3) is 0.708. The van der Waals surface area contributed by atoms with Crippen LogP contribution in [0.2, 0.25) is 0 Å². The van der Waals surface area contributed by atoms with Gasteiger partial charge in [-0.1, -0.05) is 102 Å². The van der Waals surface area contributed by atoms with E-state index < -0.39 is 5.91 Å². The van der Waals surface area contributed by atoms with E-state index >= 15 is 0 Å². The first-order valence-electron chi connectivity index (χ1n) is 11.5. The number of unbranched alkanes of at least 4 members (excludes halogenated alkanes) is 10. The van der Waals surface area contributed by atoms with Crippen molar-refractivity contribution < 1.29 is 9.47 Å². The molecule has 0 amide bonds. The molecule has 4 nitrogen and oxygen atoms in total. The minimum Gasteiger partial charge on any atom is -0.329 e. The molecule has 0 spiro atoms. The van der Waals surface area contributed by atoms with Crippen molar-refractivity contribution >= 4 is 5.84 Å². The zero-order chi connectivity index (χ0) is 20.1. The molecule has 0 aromatic heterocycles. The lowest BCUT2D eigenvalue weighted by Gasteiger charge is -2.30. The standard InChI is InChI=1S/C24H40N2O2/c1-3-5-7-9-11-15-19-27-24(28-20-16-12-10-8-6-4-2)22-18-14-13-17-21(22)23(25)26-24/h13-14,17-18H,3-12,15-16,19-20H2,1-2H3,(H2,25,26). The summed E-state index contributed by atoms with van der Waals surface area (Å²) in [6.45, 7) is 5.78. The lowest BCUT2D eigenvalue weighted by atomic mass is 10.1. The van der Waals surface area contributed by atoms with Gasteiger partial charge in [0.05, 0.1) is 13.2 Å². The van der Waals surface area contributed by atoms with Crippen LogP contribution in [0.1, 0.15) is 102 Å². The number of rotatable bonds is 16. The first-order valence-corrected chi connectivity index (χ1v) is 11.5. The van der Waals surface area contributed by atoms with Gasteiger partial charge in [-0.3, -0.25) is 5.41 Å². The number of ether oxygens (including phenoxy) is 2. The summed E-state index contributed by atoms with van der Waals surface area (Å²) in [4.78, 5) is 0. The third-order valence-electron chi connectivity index (χ3n) is 5.45. The highest BCUT2D eigenvalue weighted by atomic mass is 16.7. The van der Waals surface area contributed by atoms with E-state index in [1.54, 1.807) is 0 Å². The number of nitrogens with one attached hydrogen (secondary N) is 2. The number of benzene rings is 1. The van der Waals surface area contributed by atoms with E-state index in [2.05, 4.69) is 19.2 Å². The first-order chi connectivity index (χ1) is 13.7. The largest absolute Gasteiger partial charge is 0.329 e. The van der Waals surface area contributed by atoms with Gasteiger partial charge in [0.25, 0.3) is 5.91 Å². The topological polar surface area (TPSA) is 54.3 Å². The Balaban J connectivity index is 1.86. The third kappa shape index (κ3) is 6.89. The molecule has 0 aliphatic carbocycles. The number of hydrogen-bond donors (Lipinski definition) is 2. The Labute approximate surface area is 171 Å². The lowest BCUT2D eigenvalue weighted by molar-refractivity contribution is -0.255. The smallest absolute Gasteiger partial charge is 0.279 e. The molecule has 2 rings (SSSR count). The van der Waals surface area contributed by atoms with Gasteiger partial charge in [-0.2, -0.15) is 0 Å². The Bertz CT molecular complexity index is 555. The van der Waals surface area contributed by atoms with Crippen molar-refractivity contribution in [3.63, 3.8) is 0 Å². The molecule has 158 valence electrons. The summed E-state index contributed by atoms with van der Waals surface area (Å²) in [7, 11) is 0. The predicted octanol–water partition coefficient (Wildman–Crippen LogP) is 6.48. The Hall–Kier alpha value is -1.39. The van der Waals surface area contributed by atoms with Crippen molar-refractivity contribution in [2.24, 2.45) is 0 Å². The second-order valence-electron chi connectivity index (χ2n) is 7.89. The Kier molecular flexibility index (Phi) is 10.6. The molecule has 4 heteroatoms. The summed E-state index contributed by atoms with van der Waals surface area (Å²) in [5.74, 6) is -0.595. The van der Waals surface area contributed by atoms with Gasteiger partial charge < -0.3 is 14.8 Å². The minimum absolute atomic E-state index is 0.390. The van der Waals surface area contributed by atoms with Gasteiger partial charge in [-0.25, -0.2) is 0 Å². The minimum atomic E-state index is -0.986. The average Bonchev–Trinajstić information content (AvgIpc) is 2.99. The summed E-state index contributed by atoms with van der Waals surface area (Å²) in [5.41, 5.74) is 1.82. The highest BCUT2D eigenvalue weighted by Crippen LogP contribution is 2.34. The van der Waals surface area contributed by atoms with Crippen LogP contribution in [0.15, 0.2) is 24.3 Å².